The first-order valence-corrected chi connectivity index (χ1v) is 8.47. The highest BCUT2D eigenvalue weighted by atomic mass is 16.5. The molecule has 8 heteroatoms. The summed E-state index contributed by atoms with van der Waals surface area (Å²) in [6, 6.07) is 6.37. The number of fused-ring (bicyclic) bond motifs is 1. The van der Waals surface area contributed by atoms with Gasteiger partial charge in [-0.25, -0.2) is 9.48 Å². The van der Waals surface area contributed by atoms with E-state index in [0.717, 1.165) is 30.5 Å². The Morgan fingerprint density at radius 3 is 2.85 bits per heavy atom. The van der Waals surface area contributed by atoms with Crippen LogP contribution in [0.3, 0.4) is 0 Å². The molecule has 1 aliphatic rings. The molecule has 2 amide bonds. The van der Waals surface area contributed by atoms with E-state index in [2.05, 4.69) is 15.7 Å². The van der Waals surface area contributed by atoms with Gasteiger partial charge >= 0.3 is 6.03 Å². The highest BCUT2D eigenvalue weighted by molar-refractivity contribution is 5.91. The Labute approximate surface area is 151 Å². The number of aryl methyl sites for hydroxylation is 2. The normalized spacial score (nSPS) is 12.4. The van der Waals surface area contributed by atoms with Gasteiger partial charge in [-0.3, -0.25) is 4.79 Å². The van der Waals surface area contributed by atoms with Gasteiger partial charge in [0.15, 0.2) is 0 Å². The molecule has 2 N–H and O–H groups in total. The number of methoxy groups -OCH3 is 2. The fourth-order valence-corrected chi connectivity index (χ4v) is 2.94. The molecule has 138 valence electrons. The molecule has 0 atom stereocenters. The van der Waals surface area contributed by atoms with E-state index >= 15 is 0 Å². The molecular formula is C18H22N4O4. The molecule has 1 aliphatic carbocycles. The summed E-state index contributed by atoms with van der Waals surface area (Å²) in [5.41, 5.74) is 2.42. The van der Waals surface area contributed by atoms with Crippen LogP contribution in [0.2, 0.25) is 0 Å². The topological polar surface area (TPSA) is 94.5 Å². The number of hydrogen-bond donors (Lipinski definition) is 2. The standard InChI is InChI=1S/C18H22N4O4/c1-25-13-6-7-15(16(11-13)26-2)20-18(24)19-8-9-22-17(23)10-12-4-3-5-14(12)21-22/h6-7,10-11H,3-5,8-9H2,1-2H3,(H2,19,20,24). The number of nitrogens with zero attached hydrogens (tertiary/aromatic N) is 2. The van der Waals surface area contributed by atoms with Gasteiger partial charge in [-0.05, 0) is 37.0 Å². The van der Waals surface area contributed by atoms with Crippen molar-refractivity contribution < 1.29 is 14.3 Å². The van der Waals surface area contributed by atoms with E-state index in [0.29, 0.717) is 23.7 Å². The zero-order valence-corrected chi connectivity index (χ0v) is 14.9. The van der Waals surface area contributed by atoms with Gasteiger partial charge in [0, 0.05) is 18.7 Å². The van der Waals surface area contributed by atoms with Crippen LogP contribution in [0, 0.1) is 0 Å². The SMILES string of the molecule is COc1ccc(NC(=O)NCCn2nc3c(cc2=O)CCC3)c(OC)c1. The first-order chi connectivity index (χ1) is 12.6. The minimum Gasteiger partial charge on any atom is -0.497 e. The Hall–Kier alpha value is -3.03. The Morgan fingerprint density at radius 1 is 1.23 bits per heavy atom. The lowest BCUT2D eigenvalue weighted by Crippen LogP contribution is -2.34. The molecule has 0 unspecified atom stereocenters. The molecule has 0 saturated carbocycles. The lowest BCUT2D eigenvalue weighted by atomic mass is 10.2. The number of ether oxygens (including phenoxy) is 2. The molecule has 8 nitrogen and oxygen atoms in total. The number of amides is 2. The monoisotopic (exact) mass is 358 g/mol. The molecule has 3 rings (SSSR count). The number of anilines is 1. The van der Waals surface area contributed by atoms with Crippen molar-refractivity contribution in [1.82, 2.24) is 15.1 Å². The Bertz CT molecular complexity index is 863. The molecular weight excluding hydrogens is 336 g/mol. The number of rotatable bonds is 6. The van der Waals surface area contributed by atoms with Crippen molar-refractivity contribution in [2.75, 3.05) is 26.1 Å². The van der Waals surface area contributed by atoms with Gasteiger partial charge in [-0.15, -0.1) is 0 Å². The molecule has 1 aromatic heterocycles. The molecule has 0 aliphatic heterocycles. The van der Waals surface area contributed by atoms with E-state index in [1.807, 2.05) is 0 Å². The first kappa shape index (κ1) is 17.8. The van der Waals surface area contributed by atoms with Gasteiger partial charge in [0.25, 0.3) is 5.56 Å². The van der Waals surface area contributed by atoms with Gasteiger partial charge in [0.1, 0.15) is 11.5 Å². The number of benzene rings is 1. The Balaban J connectivity index is 1.56. The molecule has 2 aromatic rings. The summed E-state index contributed by atoms with van der Waals surface area (Å²) < 4.78 is 11.8. The van der Waals surface area contributed by atoms with Crippen molar-refractivity contribution in [1.29, 1.82) is 0 Å². The van der Waals surface area contributed by atoms with Crippen LogP contribution in [0.25, 0.3) is 0 Å². The first-order valence-electron chi connectivity index (χ1n) is 8.47. The van der Waals surface area contributed by atoms with E-state index in [1.165, 1.54) is 11.8 Å². The van der Waals surface area contributed by atoms with Crippen molar-refractivity contribution in [2.24, 2.45) is 0 Å². The van der Waals surface area contributed by atoms with E-state index in [9.17, 15) is 9.59 Å². The van der Waals surface area contributed by atoms with Crippen LogP contribution >= 0.6 is 0 Å². The average Bonchev–Trinajstić information content (AvgIpc) is 3.09. The summed E-state index contributed by atoms with van der Waals surface area (Å²) in [7, 11) is 3.08. The van der Waals surface area contributed by atoms with Crippen molar-refractivity contribution in [3.05, 3.63) is 45.9 Å². The fourth-order valence-electron chi connectivity index (χ4n) is 2.94. The number of carbonyl (C=O) groups excluding carboxylic acids is 1. The maximum absolute atomic E-state index is 12.1. The minimum absolute atomic E-state index is 0.135. The predicted molar refractivity (Wildman–Crippen MR) is 97.1 cm³/mol. The number of urea groups is 1. The van der Waals surface area contributed by atoms with Crippen molar-refractivity contribution >= 4 is 11.7 Å². The van der Waals surface area contributed by atoms with Crippen LogP contribution < -0.4 is 25.7 Å². The Kier molecular flexibility index (Phi) is 5.40. The molecule has 26 heavy (non-hydrogen) atoms. The summed E-state index contributed by atoms with van der Waals surface area (Å²) in [4.78, 5) is 24.1. The van der Waals surface area contributed by atoms with Gasteiger partial charge < -0.3 is 20.1 Å². The summed E-state index contributed by atoms with van der Waals surface area (Å²) in [5.74, 6) is 1.13. The zero-order valence-electron chi connectivity index (χ0n) is 14.9. The van der Waals surface area contributed by atoms with E-state index in [1.54, 1.807) is 31.4 Å². The summed E-state index contributed by atoms with van der Waals surface area (Å²) in [5, 5.41) is 9.81. The summed E-state index contributed by atoms with van der Waals surface area (Å²) in [6.07, 6.45) is 2.86. The molecule has 0 saturated heterocycles. The average molecular weight is 358 g/mol. The van der Waals surface area contributed by atoms with Gasteiger partial charge in [-0.2, -0.15) is 5.10 Å². The summed E-state index contributed by atoms with van der Waals surface area (Å²) >= 11 is 0. The van der Waals surface area contributed by atoms with E-state index in [4.69, 9.17) is 9.47 Å². The second kappa shape index (κ2) is 7.90. The Morgan fingerprint density at radius 2 is 2.08 bits per heavy atom. The van der Waals surface area contributed by atoms with Gasteiger partial charge in [-0.1, -0.05) is 0 Å². The van der Waals surface area contributed by atoms with Gasteiger partial charge in [0.05, 0.1) is 32.1 Å². The second-order valence-corrected chi connectivity index (χ2v) is 5.98. The quantitative estimate of drug-likeness (QED) is 0.817. The number of nitrogens with one attached hydrogen (secondary N) is 2. The van der Waals surface area contributed by atoms with Crippen LogP contribution in [0.4, 0.5) is 10.5 Å². The maximum Gasteiger partial charge on any atom is 0.319 e. The predicted octanol–water partition coefficient (Wildman–Crippen LogP) is 1.57. The largest absolute Gasteiger partial charge is 0.497 e. The zero-order chi connectivity index (χ0) is 18.5. The third-order valence-corrected chi connectivity index (χ3v) is 4.29. The van der Waals surface area contributed by atoms with E-state index in [-0.39, 0.29) is 18.1 Å². The van der Waals surface area contributed by atoms with Crippen LogP contribution in [0.1, 0.15) is 17.7 Å². The van der Waals surface area contributed by atoms with Gasteiger partial charge in [0.2, 0.25) is 0 Å². The molecule has 0 radical (unpaired) electrons. The smallest absolute Gasteiger partial charge is 0.319 e. The number of aromatic nitrogens is 2. The maximum atomic E-state index is 12.1. The van der Waals surface area contributed by atoms with Crippen LogP contribution in [-0.2, 0) is 19.4 Å². The summed E-state index contributed by atoms with van der Waals surface area (Å²) in [6.45, 7) is 0.606. The molecule has 0 spiro atoms. The van der Waals surface area contributed by atoms with Crippen molar-refractivity contribution in [3.8, 4) is 11.5 Å². The molecule has 1 heterocycles. The highest BCUT2D eigenvalue weighted by Gasteiger charge is 2.14. The lowest BCUT2D eigenvalue weighted by molar-refractivity contribution is 0.251. The fraction of sp³-hybridized carbons (Fsp3) is 0.389. The number of carbonyl (C=O) groups is 1. The third kappa shape index (κ3) is 3.96. The highest BCUT2D eigenvalue weighted by Crippen LogP contribution is 2.28. The van der Waals surface area contributed by atoms with Crippen molar-refractivity contribution in [3.63, 3.8) is 0 Å². The minimum atomic E-state index is -0.386. The lowest BCUT2D eigenvalue weighted by Gasteiger charge is -2.13. The number of hydrogen-bond acceptors (Lipinski definition) is 5. The molecule has 0 fully saturated rings. The molecule has 0 bridgehead atoms. The van der Waals surface area contributed by atoms with E-state index < -0.39 is 0 Å². The van der Waals surface area contributed by atoms with Crippen LogP contribution in [0.15, 0.2) is 29.1 Å². The van der Waals surface area contributed by atoms with Crippen LogP contribution in [0.5, 0.6) is 11.5 Å². The third-order valence-electron chi connectivity index (χ3n) is 4.29. The van der Waals surface area contributed by atoms with Crippen LogP contribution in [-0.4, -0.2) is 36.6 Å². The second-order valence-electron chi connectivity index (χ2n) is 5.98. The van der Waals surface area contributed by atoms with Crippen molar-refractivity contribution in [2.45, 2.75) is 25.8 Å². The molecule has 1 aromatic carbocycles.